The Morgan fingerprint density at radius 2 is 1.45 bits per heavy atom. The van der Waals surface area contributed by atoms with Gasteiger partial charge in [0.05, 0.1) is 0 Å². The maximum absolute atomic E-state index is 3.44. The van der Waals surface area contributed by atoms with Gasteiger partial charge in [-0.3, -0.25) is 0 Å². The molecule has 0 aromatic heterocycles. The summed E-state index contributed by atoms with van der Waals surface area (Å²) in [7, 11) is 0. The fourth-order valence-electron chi connectivity index (χ4n) is 3.03. The fraction of sp³-hybridized carbons (Fsp3) is 0.294. The molecule has 1 aliphatic rings. The third kappa shape index (κ3) is 3.21. The average Bonchev–Trinajstić information content (AvgIpc) is 2.58. The number of benzene rings is 2. The Hall–Kier alpha value is -0.0969. The van der Waals surface area contributed by atoms with E-state index in [1.165, 1.54) is 44.5 Å². The third-order valence-corrected chi connectivity index (χ3v) is 3.78. The first-order chi connectivity index (χ1) is 8.06. The molecule has 0 saturated carbocycles. The standard InChI is InChI=1S/C17H17.2ClH.Zr/c1-10-5-12(3)14-9-15-13(4)6-11(2)8-17(15)16(14)7-10;;;/h5,7-8H,9H2,1-4H3;2*1H;/q-1;;;+3/p-2. The molecule has 0 aliphatic heterocycles. The van der Waals surface area contributed by atoms with E-state index in [1.54, 1.807) is 0 Å². The zero-order valence-electron chi connectivity index (χ0n) is 12.2. The number of hydrogen-bond acceptors (Lipinski definition) is 0. The SMILES string of the molecule is Cc1[c-]c(C)c2c(c1)-c1cc(C)cc(C)c1C2.[Cl-].[Cl-].[Zr+3]. The molecular weight excluding hydrogens is 366 g/mol. The molecule has 0 bridgehead atoms. The van der Waals surface area contributed by atoms with Crippen LogP contribution in [-0.4, -0.2) is 0 Å². The largest absolute Gasteiger partial charge is 3.00 e. The van der Waals surface area contributed by atoms with Crippen LogP contribution in [0.5, 0.6) is 0 Å². The molecule has 1 aliphatic carbocycles. The van der Waals surface area contributed by atoms with Crippen LogP contribution in [0.2, 0.25) is 0 Å². The summed E-state index contributed by atoms with van der Waals surface area (Å²) in [6.07, 6.45) is 1.08. The van der Waals surface area contributed by atoms with Gasteiger partial charge in [0.15, 0.2) is 0 Å². The second kappa shape index (κ2) is 7.25. The first-order valence-electron chi connectivity index (χ1n) is 6.19. The minimum absolute atomic E-state index is 0. The van der Waals surface area contributed by atoms with E-state index in [0.29, 0.717) is 0 Å². The summed E-state index contributed by atoms with van der Waals surface area (Å²) in [6, 6.07) is 10.3. The Morgan fingerprint density at radius 1 is 0.850 bits per heavy atom. The second-order valence-electron chi connectivity index (χ2n) is 5.25. The van der Waals surface area contributed by atoms with Gasteiger partial charge in [-0.2, -0.15) is 23.3 Å². The summed E-state index contributed by atoms with van der Waals surface area (Å²) in [5, 5.41) is 0. The van der Waals surface area contributed by atoms with E-state index in [0.717, 1.165) is 6.42 Å². The van der Waals surface area contributed by atoms with E-state index in [-0.39, 0.29) is 51.0 Å². The van der Waals surface area contributed by atoms with Gasteiger partial charge in [0, 0.05) is 0 Å². The number of rotatable bonds is 0. The van der Waals surface area contributed by atoms with Gasteiger partial charge in [0.1, 0.15) is 0 Å². The number of halogens is 2. The van der Waals surface area contributed by atoms with Crippen LogP contribution in [0.25, 0.3) is 11.1 Å². The number of hydrogen-bond donors (Lipinski definition) is 0. The molecule has 0 spiro atoms. The van der Waals surface area contributed by atoms with Crippen LogP contribution in [0.1, 0.15) is 33.4 Å². The Balaban J connectivity index is 0.00000120. The predicted molar refractivity (Wildman–Crippen MR) is 72.5 cm³/mol. The quantitative estimate of drug-likeness (QED) is 0.406. The van der Waals surface area contributed by atoms with Crippen molar-refractivity contribution in [2.75, 3.05) is 0 Å². The Morgan fingerprint density at radius 3 is 2.10 bits per heavy atom. The van der Waals surface area contributed by atoms with Gasteiger partial charge < -0.3 is 24.8 Å². The van der Waals surface area contributed by atoms with Crippen molar-refractivity contribution >= 4 is 0 Å². The van der Waals surface area contributed by atoms with Crippen LogP contribution < -0.4 is 24.8 Å². The summed E-state index contributed by atoms with van der Waals surface area (Å²) in [6.45, 7) is 8.72. The zero-order valence-corrected chi connectivity index (χ0v) is 16.2. The Labute approximate surface area is 153 Å². The molecule has 0 nitrogen and oxygen atoms in total. The molecule has 2 aromatic carbocycles. The first kappa shape index (κ1) is 19.9. The van der Waals surface area contributed by atoms with Crippen LogP contribution in [-0.2, 0) is 32.6 Å². The maximum Gasteiger partial charge on any atom is 3.00 e. The molecule has 0 fully saturated rings. The average molecular weight is 383 g/mol. The van der Waals surface area contributed by atoms with Crippen LogP contribution in [0, 0.1) is 33.8 Å². The fourth-order valence-corrected chi connectivity index (χ4v) is 3.03. The first-order valence-corrected chi connectivity index (χ1v) is 6.19. The summed E-state index contributed by atoms with van der Waals surface area (Å²) in [4.78, 5) is 0. The molecule has 0 atom stereocenters. The molecule has 0 N–H and O–H groups in total. The van der Waals surface area contributed by atoms with E-state index >= 15 is 0 Å². The molecular formula is C17H17Cl2Zr. The van der Waals surface area contributed by atoms with Crippen LogP contribution in [0.15, 0.2) is 18.2 Å². The molecule has 3 heteroatoms. The predicted octanol–water partition coefficient (Wildman–Crippen LogP) is -1.70. The van der Waals surface area contributed by atoms with Gasteiger partial charge in [-0.25, -0.2) is 0 Å². The smallest absolute Gasteiger partial charge is 1.00 e. The zero-order chi connectivity index (χ0) is 12.2. The second-order valence-corrected chi connectivity index (χ2v) is 5.25. The normalized spacial score (nSPS) is 10.6. The van der Waals surface area contributed by atoms with Crippen molar-refractivity contribution in [2.45, 2.75) is 34.1 Å². The Kier molecular flexibility index (Phi) is 7.22. The van der Waals surface area contributed by atoms with Gasteiger partial charge in [-0.05, 0) is 37.0 Å². The van der Waals surface area contributed by atoms with Crippen molar-refractivity contribution in [3.05, 3.63) is 57.6 Å². The summed E-state index contributed by atoms with van der Waals surface area (Å²) in [5.41, 5.74) is 11.2. The molecule has 0 amide bonds. The van der Waals surface area contributed by atoms with Gasteiger partial charge in [0.2, 0.25) is 0 Å². The summed E-state index contributed by atoms with van der Waals surface area (Å²) in [5.74, 6) is 0. The number of aryl methyl sites for hydroxylation is 4. The monoisotopic (exact) mass is 381 g/mol. The van der Waals surface area contributed by atoms with Crippen LogP contribution in [0.3, 0.4) is 0 Å². The van der Waals surface area contributed by atoms with Gasteiger partial charge >= 0.3 is 26.2 Å². The van der Waals surface area contributed by atoms with Crippen molar-refractivity contribution in [3.8, 4) is 11.1 Å². The van der Waals surface area contributed by atoms with Crippen LogP contribution >= 0.6 is 0 Å². The van der Waals surface area contributed by atoms with E-state index in [4.69, 9.17) is 0 Å². The third-order valence-electron chi connectivity index (χ3n) is 3.78. The molecule has 103 valence electrons. The minimum Gasteiger partial charge on any atom is -1.00 e. The molecule has 0 heterocycles. The van der Waals surface area contributed by atoms with Crippen molar-refractivity contribution in [2.24, 2.45) is 0 Å². The Bertz CT molecular complexity index is 578. The van der Waals surface area contributed by atoms with Crippen molar-refractivity contribution in [1.29, 1.82) is 0 Å². The molecule has 20 heavy (non-hydrogen) atoms. The molecule has 1 radical (unpaired) electrons. The summed E-state index contributed by atoms with van der Waals surface area (Å²) < 4.78 is 0. The van der Waals surface area contributed by atoms with E-state index in [1.807, 2.05) is 0 Å². The number of fused-ring (bicyclic) bond motifs is 3. The van der Waals surface area contributed by atoms with E-state index in [2.05, 4.69) is 52.0 Å². The van der Waals surface area contributed by atoms with Crippen LogP contribution in [0.4, 0.5) is 0 Å². The van der Waals surface area contributed by atoms with E-state index in [9.17, 15) is 0 Å². The summed E-state index contributed by atoms with van der Waals surface area (Å²) >= 11 is 0. The molecule has 0 unspecified atom stereocenters. The van der Waals surface area contributed by atoms with E-state index < -0.39 is 0 Å². The van der Waals surface area contributed by atoms with Crippen molar-refractivity contribution < 1.29 is 51.0 Å². The minimum atomic E-state index is 0. The van der Waals surface area contributed by atoms with Gasteiger partial charge in [0.25, 0.3) is 0 Å². The molecule has 2 aromatic rings. The topological polar surface area (TPSA) is 0 Å². The van der Waals surface area contributed by atoms with Gasteiger partial charge in [-0.1, -0.05) is 31.5 Å². The van der Waals surface area contributed by atoms with Crippen molar-refractivity contribution in [3.63, 3.8) is 0 Å². The van der Waals surface area contributed by atoms with Crippen molar-refractivity contribution in [1.82, 2.24) is 0 Å². The molecule has 0 saturated heterocycles. The van der Waals surface area contributed by atoms with Gasteiger partial charge in [-0.15, -0.1) is 11.1 Å². The molecule has 3 rings (SSSR count). The maximum atomic E-state index is 3.44.